The van der Waals surface area contributed by atoms with E-state index in [0.717, 1.165) is 19.3 Å². The maximum absolute atomic E-state index is 14.2. The van der Waals surface area contributed by atoms with E-state index in [9.17, 15) is 22.0 Å². The van der Waals surface area contributed by atoms with Gasteiger partial charge in [-0.3, -0.25) is 4.90 Å². The first-order valence-electron chi connectivity index (χ1n) is 7.48. The van der Waals surface area contributed by atoms with Crippen LogP contribution < -0.4 is 5.32 Å². The van der Waals surface area contributed by atoms with Crippen molar-refractivity contribution in [2.24, 2.45) is 5.92 Å². The summed E-state index contributed by atoms with van der Waals surface area (Å²) in [5.41, 5.74) is -0.664. The average molecular weight is 393 g/mol. The third-order valence-electron chi connectivity index (χ3n) is 4.68. The SMILES string of the molecule is Cl.Cl.Fc1c(F)c(F)c([C@@H](C2CCC2)N2CCNCC2)c(F)c1F. The van der Waals surface area contributed by atoms with Gasteiger partial charge in [0.2, 0.25) is 5.82 Å². The molecule has 1 aromatic carbocycles. The van der Waals surface area contributed by atoms with Gasteiger partial charge in [-0.25, -0.2) is 22.0 Å². The van der Waals surface area contributed by atoms with E-state index in [0.29, 0.717) is 26.2 Å². The molecule has 0 spiro atoms. The van der Waals surface area contributed by atoms with Crippen LogP contribution in [-0.2, 0) is 0 Å². The highest BCUT2D eigenvalue weighted by atomic mass is 35.5. The summed E-state index contributed by atoms with van der Waals surface area (Å²) in [4.78, 5) is 1.83. The molecule has 0 unspecified atom stereocenters. The van der Waals surface area contributed by atoms with Crippen LogP contribution in [0.15, 0.2) is 0 Å². The van der Waals surface area contributed by atoms with Crippen LogP contribution >= 0.6 is 24.8 Å². The molecule has 138 valence electrons. The lowest BCUT2D eigenvalue weighted by molar-refractivity contribution is 0.0768. The van der Waals surface area contributed by atoms with Crippen LogP contribution in [0, 0.1) is 35.0 Å². The van der Waals surface area contributed by atoms with E-state index in [2.05, 4.69) is 5.32 Å². The molecule has 1 aromatic rings. The highest BCUT2D eigenvalue weighted by Gasteiger charge is 2.39. The Bertz CT molecular complexity index is 548. The molecular formula is C15H19Cl2F5N2. The quantitative estimate of drug-likeness (QED) is 0.475. The smallest absolute Gasteiger partial charge is 0.200 e. The molecular weight excluding hydrogens is 374 g/mol. The van der Waals surface area contributed by atoms with Crippen molar-refractivity contribution in [2.45, 2.75) is 25.3 Å². The van der Waals surface area contributed by atoms with Gasteiger partial charge in [-0.05, 0) is 18.8 Å². The van der Waals surface area contributed by atoms with Crippen molar-refractivity contribution in [3.8, 4) is 0 Å². The molecule has 24 heavy (non-hydrogen) atoms. The number of piperazine rings is 1. The van der Waals surface area contributed by atoms with Gasteiger partial charge in [0.25, 0.3) is 0 Å². The lowest BCUT2D eigenvalue weighted by atomic mass is 9.76. The summed E-state index contributed by atoms with van der Waals surface area (Å²) in [5, 5.41) is 3.12. The monoisotopic (exact) mass is 392 g/mol. The van der Waals surface area contributed by atoms with Crippen LogP contribution in [0.5, 0.6) is 0 Å². The second-order valence-electron chi connectivity index (χ2n) is 5.91. The Kier molecular flexibility index (Phi) is 7.72. The largest absolute Gasteiger partial charge is 0.314 e. The number of rotatable bonds is 3. The molecule has 2 nitrogen and oxygen atoms in total. The van der Waals surface area contributed by atoms with Gasteiger partial charge >= 0.3 is 0 Å². The third-order valence-corrected chi connectivity index (χ3v) is 4.68. The van der Waals surface area contributed by atoms with E-state index in [1.54, 1.807) is 0 Å². The zero-order valence-corrected chi connectivity index (χ0v) is 14.4. The Hall–Kier alpha value is -0.630. The molecule has 1 aliphatic carbocycles. The normalized spacial score (nSPS) is 19.9. The molecule has 3 rings (SSSR count). The van der Waals surface area contributed by atoms with E-state index in [4.69, 9.17) is 0 Å². The minimum absolute atomic E-state index is 0. The maximum Gasteiger partial charge on any atom is 0.200 e. The molecule has 0 amide bonds. The van der Waals surface area contributed by atoms with Crippen LogP contribution in [0.3, 0.4) is 0 Å². The van der Waals surface area contributed by atoms with Crippen molar-refractivity contribution in [3.05, 3.63) is 34.6 Å². The van der Waals surface area contributed by atoms with Crippen molar-refractivity contribution >= 4 is 24.8 Å². The van der Waals surface area contributed by atoms with E-state index in [1.807, 2.05) is 4.90 Å². The van der Waals surface area contributed by atoms with Crippen molar-refractivity contribution in [2.75, 3.05) is 26.2 Å². The number of nitrogens with zero attached hydrogens (tertiary/aromatic N) is 1. The molecule has 1 aliphatic heterocycles. The molecule has 1 saturated heterocycles. The molecule has 1 saturated carbocycles. The van der Waals surface area contributed by atoms with Gasteiger partial charge in [-0.1, -0.05) is 6.42 Å². The van der Waals surface area contributed by atoms with Gasteiger partial charge in [0.1, 0.15) is 0 Å². The van der Waals surface area contributed by atoms with Crippen molar-refractivity contribution in [1.29, 1.82) is 0 Å². The third kappa shape index (κ3) is 3.64. The predicted octanol–water partition coefficient (Wildman–Crippen LogP) is 3.97. The Morgan fingerprint density at radius 2 is 1.25 bits per heavy atom. The lowest BCUT2D eigenvalue weighted by Crippen LogP contribution is -2.48. The Morgan fingerprint density at radius 1 is 0.792 bits per heavy atom. The Labute approximate surface area is 149 Å². The standard InChI is InChI=1S/C15H17F5N2.2ClH/c16-10-9(11(17)13(19)14(20)12(10)18)15(8-2-1-3-8)22-6-4-21-5-7-22;;/h8,15,21H,1-7H2;2*1H/t15-;;/m1../s1. The molecule has 1 N–H and O–H groups in total. The summed E-state index contributed by atoms with van der Waals surface area (Å²) >= 11 is 0. The molecule has 2 fully saturated rings. The first-order chi connectivity index (χ1) is 10.5. The fourth-order valence-electron chi connectivity index (χ4n) is 3.31. The highest BCUT2D eigenvalue weighted by Crippen LogP contribution is 2.44. The van der Waals surface area contributed by atoms with E-state index >= 15 is 0 Å². The molecule has 9 heteroatoms. The highest BCUT2D eigenvalue weighted by molar-refractivity contribution is 5.85. The summed E-state index contributed by atoms with van der Waals surface area (Å²) in [6.07, 6.45) is 2.41. The summed E-state index contributed by atoms with van der Waals surface area (Å²) in [6, 6.07) is -0.750. The number of halogens is 7. The molecule has 1 heterocycles. The first kappa shape index (κ1) is 21.4. The molecule has 0 aromatic heterocycles. The summed E-state index contributed by atoms with van der Waals surface area (Å²) in [6.45, 7) is 2.33. The topological polar surface area (TPSA) is 15.3 Å². The van der Waals surface area contributed by atoms with Gasteiger partial charge in [-0.15, -0.1) is 24.8 Å². The zero-order valence-electron chi connectivity index (χ0n) is 12.8. The predicted molar refractivity (Wildman–Crippen MR) is 85.3 cm³/mol. The number of hydrogen-bond donors (Lipinski definition) is 1. The van der Waals surface area contributed by atoms with Gasteiger partial charge in [-0.2, -0.15) is 0 Å². The number of benzene rings is 1. The van der Waals surface area contributed by atoms with E-state index in [-0.39, 0.29) is 30.7 Å². The molecule has 0 bridgehead atoms. The van der Waals surface area contributed by atoms with Crippen molar-refractivity contribution in [1.82, 2.24) is 10.2 Å². The average Bonchev–Trinajstić information content (AvgIpc) is 2.49. The fraction of sp³-hybridized carbons (Fsp3) is 0.600. The van der Waals surface area contributed by atoms with Gasteiger partial charge in [0.15, 0.2) is 23.3 Å². The van der Waals surface area contributed by atoms with Crippen LogP contribution in [0.1, 0.15) is 30.9 Å². The summed E-state index contributed by atoms with van der Waals surface area (Å²) in [7, 11) is 0. The molecule has 0 radical (unpaired) electrons. The summed E-state index contributed by atoms with van der Waals surface area (Å²) < 4.78 is 68.6. The van der Waals surface area contributed by atoms with Gasteiger partial charge in [0, 0.05) is 37.8 Å². The molecule has 1 atom stereocenters. The minimum atomic E-state index is -2.09. The van der Waals surface area contributed by atoms with E-state index < -0.39 is 40.7 Å². The van der Waals surface area contributed by atoms with Gasteiger partial charge in [0.05, 0.1) is 0 Å². The first-order valence-corrected chi connectivity index (χ1v) is 7.48. The second-order valence-corrected chi connectivity index (χ2v) is 5.91. The molecule has 2 aliphatic rings. The Balaban J connectivity index is 0.00000144. The summed E-state index contributed by atoms with van der Waals surface area (Å²) in [5.74, 6) is -9.24. The van der Waals surface area contributed by atoms with Gasteiger partial charge < -0.3 is 5.32 Å². The van der Waals surface area contributed by atoms with Crippen LogP contribution in [-0.4, -0.2) is 31.1 Å². The lowest BCUT2D eigenvalue weighted by Gasteiger charge is -2.43. The zero-order chi connectivity index (χ0) is 15.9. The van der Waals surface area contributed by atoms with Crippen molar-refractivity contribution < 1.29 is 22.0 Å². The Morgan fingerprint density at radius 3 is 1.67 bits per heavy atom. The minimum Gasteiger partial charge on any atom is -0.314 e. The fourth-order valence-corrected chi connectivity index (χ4v) is 3.31. The maximum atomic E-state index is 14.2. The van der Waals surface area contributed by atoms with Crippen LogP contribution in [0.25, 0.3) is 0 Å². The van der Waals surface area contributed by atoms with Crippen molar-refractivity contribution in [3.63, 3.8) is 0 Å². The number of nitrogens with one attached hydrogen (secondary N) is 1. The number of hydrogen-bond acceptors (Lipinski definition) is 2. The van der Waals surface area contributed by atoms with E-state index in [1.165, 1.54) is 0 Å². The second kappa shape index (κ2) is 8.65. The van der Waals surface area contributed by atoms with Crippen LogP contribution in [0.4, 0.5) is 22.0 Å². The van der Waals surface area contributed by atoms with Crippen LogP contribution in [0.2, 0.25) is 0 Å².